The first-order valence-corrected chi connectivity index (χ1v) is 9.70. The molecule has 0 fully saturated rings. The summed E-state index contributed by atoms with van der Waals surface area (Å²) in [4.78, 5) is 2.33. The highest BCUT2D eigenvalue weighted by Crippen LogP contribution is 2.22. The Labute approximate surface area is 97.6 Å². The zero-order valence-electron chi connectivity index (χ0n) is 11.6. The van der Waals surface area contributed by atoms with Crippen molar-refractivity contribution in [2.45, 2.75) is 58.8 Å². The standard InChI is InChI=1S/C13H29NSi/c1-7-9-14(4)11-13(3)12-15(5,6)10-8-2/h11H,7-10,12H2,1-6H3. The van der Waals surface area contributed by atoms with Crippen LogP contribution >= 0.6 is 0 Å². The molecule has 0 unspecified atom stereocenters. The van der Waals surface area contributed by atoms with Crippen LogP contribution in [0.4, 0.5) is 0 Å². The molecule has 0 rings (SSSR count). The molecule has 0 aromatic rings. The second-order valence-corrected chi connectivity index (χ2v) is 10.7. The van der Waals surface area contributed by atoms with Crippen molar-refractivity contribution in [1.82, 2.24) is 4.90 Å². The predicted octanol–water partition coefficient (Wildman–Crippen LogP) is 4.35. The van der Waals surface area contributed by atoms with Gasteiger partial charge in [-0.2, -0.15) is 0 Å². The zero-order chi connectivity index (χ0) is 11.9. The summed E-state index contributed by atoms with van der Waals surface area (Å²) in [5, 5.41) is 0. The van der Waals surface area contributed by atoms with E-state index in [9.17, 15) is 0 Å². The summed E-state index contributed by atoms with van der Waals surface area (Å²) in [6, 6.07) is 2.81. The first-order chi connectivity index (χ1) is 6.91. The van der Waals surface area contributed by atoms with E-state index in [0.29, 0.717) is 0 Å². The van der Waals surface area contributed by atoms with E-state index >= 15 is 0 Å². The summed E-state index contributed by atoms with van der Waals surface area (Å²) in [5.74, 6) is 0. The van der Waals surface area contributed by atoms with Crippen LogP contribution in [0.2, 0.25) is 25.2 Å². The maximum atomic E-state index is 2.51. The molecule has 0 aliphatic carbocycles. The second kappa shape index (κ2) is 7.10. The Morgan fingerprint density at radius 1 is 1.20 bits per heavy atom. The Morgan fingerprint density at radius 2 is 1.80 bits per heavy atom. The van der Waals surface area contributed by atoms with Crippen LogP contribution in [0.1, 0.15) is 33.6 Å². The van der Waals surface area contributed by atoms with Gasteiger partial charge in [0.05, 0.1) is 8.07 Å². The number of allylic oxidation sites excluding steroid dienone is 1. The van der Waals surface area contributed by atoms with Crippen molar-refractivity contribution in [1.29, 1.82) is 0 Å². The third-order valence-corrected chi connectivity index (χ3v) is 6.07. The molecule has 90 valence electrons. The van der Waals surface area contributed by atoms with Crippen LogP contribution in [-0.4, -0.2) is 26.6 Å². The molecule has 0 atom stereocenters. The molecule has 0 aromatic heterocycles. The van der Waals surface area contributed by atoms with Gasteiger partial charge < -0.3 is 4.90 Å². The lowest BCUT2D eigenvalue weighted by Gasteiger charge is -2.23. The van der Waals surface area contributed by atoms with Crippen LogP contribution in [0.5, 0.6) is 0 Å². The van der Waals surface area contributed by atoms with Crippen molar-refractivity contribution in [3.63, 3.8) is 0 Å². The van der Waals surface area contributed by atoms with Crippen molar-refractivity contribution in [2.75, 3.05) is 13.6 Å². The fourth-order valence-corrected chi connectivity index (χ4v) is 5.49. The Kier molecular flexibility index (Phi) is 6.99. The lowest BCUT2D eigenvalue weighted by molar-refractivity contribution is 0.451. The molecule has 0 aliphatic heterocycles. The van der Waals surface area contributed by atoms with Crippen LogP contribution < -0.4 is 0 Å². The van der Waals surface area contributed by atoms with Crippen LogP contribution in [0.15, 0.2) is 11.8 Å². The molecule has 0 N–H and O–H groups in total. The molecule has 0 heterocycles. The van der Waals surface area contributed by atoms with E-state index in [2.05, 4.69) is 52.0 Å². The van der Waals surface area contributed by atoms with Crippen molar-refractivity contribution >= 4 is 8.07 Å². The van der Waals surface area contributed by atoms with Crippen molar-refractivity contribution < 1.29 is 0 Å². The van der Waals surface area contributed by atoms with Crippen LogP contribution in [-0.2, 0) is 0 Å². The molecule has 0 aromatic carbocycles. The van der Waals surface area contributed by atoms with Crippen molar-refractivity contribution in [2.24, 2.45) is 0 Å². The highest BCUT2D eigenvalue weighted by Gasteiger charge is 2.19. The fourth-order valence-electron chi connectivity index (χ4n) is 2.36. The quantitative estimate of drug-likeness (QED) is 0.585. The highest BCUT2D eigenvalue weighted by molar-refractivity contribution is 6.77. The summed E-state index contributed by atoms with van der Waals surface area (Å²) in [7, 11) is 1.23. The van der Waals surface area contributed by atoms with Gasteiger partial charge in [-0.15, -0.1) is 0 Å². The summed E-state index contributed by atoms with van der Waals surface area (Å²) in [5.41, 5.74) is 1.57. The molecule has 0 amide bonds. The Morgan fingerprint density at radius 3 is 2.27 bits per heavy atom. The molecular formula is C13H29NSi. The van der Waals surface area contributed by atoms with Crippen LogP contribution in [0.3, 0.4) is 0 Å². The summed E-state index contributed by atoms with van der Waals surface area (Å²) >= 11 is 0. The average molecular weight is 227 g/mol. The van der Waals surface area contributed by atoms with Crippen molar-refractivity contribution in [3.8, 4) is 0 Å². The SMILES string of the molecule is CCCN(C)C=C(C)C[Si](C)(C)CCC. The number of hydrogen-bond donors (Lipinski definition) is 0. The summed E-state index contributed by atoms with van der Waals surface area (Å²) in [6.07, 6.45) is 4.92. The maximum absolute atomic E-state index is 2.51. The molecule has 0 aliphatic rings. The van der Waals surface area contributed by atoms with Gasteiger partial charge in [0.2, 0.25) is 0 Å². The number of nitrogens with zero attached hydrogens (tertiary/aromatic N) is 1. The van der Waals surface area contributed by atoms with Crippen LogP contribution in [0.25, 0.3) is 0 Å². The van der Waals surface area contributed by atoms with Gasteiger partial charge in [-0.25, -0.2) is 0 Å². The van der Waals surface area contributed by atoms with E-state index in [1.165, 1.54) is 31.5 Å². The minimum atomic E-state index is -0.951. The van der Waals surface area contributed by atoms with E-state index in [1.807, 2.05) is 0 Å². The summed E-state index contributed by atoms with van der Waals surface area (Å²) < 4.78 is 0. The average Bonchev–Trinajstić information content (AvgIpc) is 2.01. The molecule has 0 bridgehead atoms. The third kappa shape index (κ3) is 7.66. The molecule has 15 heavy (non-hydrogen) atoms. The van der Waals surface area contributed by atoms with E-state index in [4.69, 9.17) is 0 Å². The normalized spacial score (nSPS) is 13.1. The zero-order valence-corrected chi connectivity index (χ0v) is 12.6. The Balaban J connectivity index is 4.15. The molecule has 0 saturated heterocycles. The van der Waals surface area contributed by atoms with Crippen LogP contribution in [0, 0.1) is 0 Å². The van der Waals surface area contributed by atoms with Gasteiger partial charge in [0.15, 0.2) is 0 Å². The van der Waals surface area contributed by atoms with Gasteiger partial charge in [0.25, 0.3) is 0 Å². The van der Waals surface area contributed by atoms with Gasteiger partial charge in [-0.05, 0) is 25.6 Å². The first-order valence-electron chi connectivity index (χ1n) is 6.29. The molecular weight excluding hydrogens is 198 g/mol. The Hall–Kier alpha value is -0.243. The smallest absolute Gasteiger partial charge is 0.0514 e. The van der Waals surface area contributed by atoms with E-state index in [1.54, 1.807) is 5.57 Å². The monoisotopic (exact) mass is 227 g/mol. The first kappa shape index (κ1) is 14.8. The molecule has 0 radical (unpaired) electrons. The summed E-state index contributed by atoms with van der Waals surface area (Å²) in [6.45, 7) is 13.0. The third-order valence-electron chi connectivity index (χ3n) is 2.70. The fraction of sp³-hybridized carbons (Fsp3) is 0.846. The Bertz CT molecular complexity index is 197. The topological polar surface area (TPSA) is 3.24 Å². The van der Waals surface area contributed by atoms with Crippen molar-refractivity contribution in [3.05, 3.63) is 11.8 Å². The lowest BCUT2D eigenvalue weighted by Crippen LogP contribution is -2.25. The van der Waals surface area contributed by atoms with Gasteiger partial charge in [-0.1, -0.05) is 45.0 Å². The molecule has 1 nitrogen and oxygen atoms in total. The van der Waals surface area contributed by atoms with Gasteiger partial charge in [-0.3, -0.25) is 0 Å². The van der Waals surface area contributed by atoms with E-state index in [0.717, 1.165) is 0 Å². The van der Waals surface area contributed by atoms with E-state index < -0.39 is 8.07 Å². The predicted molar refractivity (Wildman–Crippen MR) is 74.1 cm³/mol. The number of hydrogen-bond acceptors (Lipinski definition) is 1. The maximum Gasteiger partial charge on any atom is 0.0514 e. The highest BCUT2D eigenvalue weighted by atomic mass is 28.3. The molecule has 0 saturated carbocycles. The largest absolute Gasteiger partial charge is 0.380 e. The van der Waals surface area contributed by atoms with E-state index in [-0.39, 0.29) is 0 Å². The van der Waals surface area contributed by atoms with Gasteiger partial charge in [0.1, 0.15) is 0 Å². The molecule has 0 spiro atoms. The minimum absolute atomic E-state index is 0.951. The molecule has 2 heteroatoms. The minimum Gasteiger partial charge on any atom is -0.380 e. The lowest BCUT2D eigenvalue weighted by atomic mass is 10.3. The van der Waals surface area contributed by atoms with Gasteiger partial charge >= 0.3 is 0 Å². The second-order valence-electron chi connectivity index (χ2n) is 5.55. The number of rotatable bonds is 7. The van der Waals surface area contributed by atoms with Gasteiger partial charge in [0, 0.05) is 13.6 Å².